The highest BCUT2D eigenvalue weighted by molar-refractivity contribution is 7.89. The van der Waals surface area contributed by atoms with Crippen LogP contribution in [0.1, 0.15) is 13.8 Å². The van der Waals surface area contributed by atoms with Crippen LogP contribution >= 0.6 is 0 Å². The van der Waals surface area contributed by atoms with Crippen molar-refractivity contribution in [2.75, 3.05) is 6.54 Å². The number of carbonyl (C=O) groups excluding carboxylic acids is 2. The van der Waals surface area contributed by atoms with Crippen LogP contribution in [0.15, 0.2) is 35.2 Å². The molecule has 19 heavy (non-hydrogen) atoms. The van der Waals surface area contributed by atoms with Gasteiger partial charge in [-0.05, 0) is 26.0 Å². The van der Waals surface area contributed by atoms with Crippen LogP contribution in [0, 0.1) is 0 Å². The molecule has 0 radical (unpaired) electrons. The van der Waals surface area contributed by atoms with E-state index in [0.29, 0.717) is 0 Å². The molecule has 0 unspecified atom stereocenters. The quantitative estimate of drug-likeness (QED) is 0.781. The van der Waals surface area contributed by atoms with Crippen LogP contribution in [0.25, 0.3) is 0 Å². The molecule has 0 bridgehead atoms. The monoisotopic (exact) mass is 282 g/mol. The normalized spacial score (nSPS) is 20.1. The van der Waals surface area contributed by atoms with Crippen LogP contribution in [0.4, 0.5) is 0 Å². The second-order valence-corrected chi connectivity index (χ2v) is 6.62. The van der Waals surface area contributed by atoms with Gasteiger partial charge in [0.05, 0.1) is 11.4 Å². The largest absolute Gasteiger partial charge is 0.294 e. The Bertz CT molecular complexity index is 622. The number of rotatable bonds is 2. The fraction of sp³-hybridized carbons (Fsp3) is 0.333. The Morgan fingerprint density at radius 3 is 2.32 bits per heavy atom. The Morgan fingerprint density at radius 1 is 1.16 bits per heavy atom. The molecular formula is C12H14N2O4S. The lowest BCUT2D eigenvalue weighted by Gasteiger charge is -2.38. The summed E-state index contributed by atoms with van der Waals surface area (Å²) in [5, 5.41) is 2.14. The van der Waals surface area contributed by atoms with Crippen LogP contribution in [0.2, 0.25) is 0 Å². The van der Waals surface area contributed by atoms with E-state index in [1.165, 1.54) is 26.0 Å². The van der Waals surface area contributed by atoms with E-state index in [2.05, 4.69) is 5.32 Å². The van der Waals surface area contributed by atoms with Crippen molar-refractivity contribution in [1.82, 2.24) is 9.62 Å². The van der Waals surface area contributed by atoms with E-state index in [4.69, 9.17) is 0 Å². The molecule has 1 saturated heterocycles. The van der Waals surface area contributed by atoms with Gasteiger partial charge in [-0.3, -0.25) is 14.9 Å². The summed E-state index contributed by atoms with van der Waals surface area (Å²) in [4.78, 5) is 23.2. The van der Waals surface area contributed by atoms with E-state index < -0.39 is 27.4 Å². The molecule has 1 aromatic carbocycles. The van der Waals surface area contributed by atoms with Crippen LogP contribution in [0.3, 0.4) is 0 Å². The lowest BCUT2D eigenvalue weighted by Crippen LogP contribution is -2.65. The Labute approximate surface area is 111 Å². The maximum atomic E-state index is 12.5. The first kappa shape index (κ1) is 13.7. The lowest BCUT2D eigenvalue weighted by atomic mass is 10.0. The van der Waals surface area contributed by atoms with E-state index >= 15 is 0 Å². The van der Waals surface area contributed by atoms with Crippen LogP contribution < -0.4 is 5.32 Å². The van der Waals surface area contributed by atoms with Crippen LogP contribution in [0.5, 0.6) is 0 Å². The minimum absolute atomic E-state index is 0.0607. The van der Waals surface area contributed by atoms with E-state index in [1.54, 1.807) is 18.2 Å². The van der Waals surface area contributed by atoms with Crippen LogP contribution in [-0.2, 0) is 19.6 Å². The minimum Gasteiger partial charge on any atom is -0.294 e. The number of hydrogen-bond donors (Lipinski definition) is 1. The molecular weight excluding hydrogens is 268 g/mol. The molecule has 1 aliphatic heterocycles. The van der Waals surface area contributed by atoms with Gasteiger partial charge in [0, 0.05) is 0 Å². The van der Waals surface area contributed by atoms with E-state index in [1.807, 2.05) is 0 Å². The summed E-state index contributed by atoms with van der Waals surface area (Å²) >= 11 is 0. The van der Waals surface area contributed by atoms with Gasteiger partial charge in [-0.1, -0.05) is 18.2 Å². The summed E-state index contributed by atoms with van der Waals surface area (Å²) in [6.45, 7) is 2.57. The van der Waals surface area contributed by atoms with Crippen molar-refractivity contribution in [2.24, 2.45) is 0 Å². The zero-order valence-electron chi connectivity index (χ0n) is 10.6. The zero-order valence-corrected chi connectivity index (χ0v) is 11.4. The van der Waals surface area contributed by atoms with Crippen molar-refractivity contribution in [3.05, 3.63) is 30.3 Å². The number of carbonyl (C=O) groups is 2. The molecule has 6 nitrogen and oxygen atoms in total. The van der Waals surface area contributed by atoms with Gasteiger partial charge in [0.15, 0.2) is 0 Å². The molecule has 1 heterocycles. The van der Waals surface area contributed by atoms with Crippen molar-refractivity contribution in [1.29, 1.82) is 0 Å². The molecule has 1 fully saturated rings. The lowest BCUT2D eigenvalue weighted by molar-refractivity contribution is -0.141. The van der Waals surface area contributed by atoms with E-state index in [0.717, 1.165) is 4.31 Å². The number of sulfonamides is 1. The molecule has 7 heteroatoms. The number of piperazine rings is 1. The Kier molecular flexibility index (Phi) is 3.19. The van der Waals surface area contributed by atoms with Gasteiger partial charge >= 0.3 is 0 Å². The fourth-order valence-electron chi connectivity index (χ4n) is 1.87. The average molecular weight is 282 g/mol. The maximum absolute atomic E-state index is 12.5. The van der Waals surface area contributed by atoms with Gasteiger partial charge < -0.3 is 0 Å². The number of amides is 2. The molecule has 0 atom stereocenters. The Morgan fingerprint density at radius 2 is 1.74 bits per heavy atom. The molecule has 1 aliphatic rings. The van der Waals surface area contributed by atoms with Gasteiger partial charge in [0.25, 0.3) is 0 Å². The summed E-state index contributed by atoms with van der Waals surface area (Å²) in [5.74, 6) is -1.24. The topological polar surface area (TPSA) is 83.6 Å². The maximum Gasteiger partial charge on any atom is 0.247 e. The number of nitrogens with zero attached hydrogens (tertiary/aromatic N) is 1. The van der Waals surface area contributed by atoms with Gasteiger partial charge in [-0.25, -0.2) is 8.42 Å². The summed E-state index contributed by atoms with van der Waals surface area (Å²) in [5.41, 5.74) is -1.30. The van der Waals surface area contributed by atoms with Crippen molar-refractivity contribution in [2.45, 2.75) is 24.3 Å². The SMILES string of the molecule is CC1(C)C(=O)NC(=O)CN1S(=O)(=O)c1ccccc1. The predicted octanol–water partition coefficient (Wildman–Crippen LogP) is 0.112. The fourth-order valence-corrected chi connectivity index (χ4v) is 3.59. The van der Waals surface area contributed by atoms with Crippen LogP contribution in [-0.4, -0.2) is 36.6 Å². The third-order valence-electron chi connectivity index (χ3n) is 3.05. The van der Waals surface area contributed by atoms with Gasteiger partial charge in [-0.2, -0.15) is 4.31 Å². The minimum atomic E-state index is -3.88. The number of benzene rings is 1. The second-order valence-electron chi connectivity index (χ2n) is 4.76. The van der Waals surface area contributed by atoms with E-state index in [-0.39, 0.29) is 11.4 Å². The zero-order chi connectivity index (χ0) is 14.3. The molecule has 1 N–H and O–H groups in total. The molecule has 2 rings (SSSR count). The first-order chi connectivity index (χ1) is 8.76. The Hall–Kier alpha value is -1.73. The molecule has 102 valence electrons. The average Bonchev–Trinajstić information content (AvgIpc) is 2.35. The summed E-state index contributed by atoms with van der Waals surface area (Å²) in [6, 6.07) is 7.74. The molecule has 0 aliphatic carbocycles. The van der Waals surface area contributed by atoms with Crippen molar-refractivity contribution in [3.63, 3.8) is 0 Å². The highest BCUT2D eigenvalue weighted by Crippen LogP contribution is 2.26. The number of imide groups is 1. The molecule has 2 amide bonds. The van der Waals surface area contributed by atoms with Crippen molar-refractivity contribution >= 4 is 21.8 Å². The number of hydrogen-bond acceptors (Lipinski definition) is 4. The predicted molar refractivity (Wildman–Crippen MR) is 67.6 cm³/mol. The van der Waals surface area contributed by atoms with Crippen molar-refractivity contribution < 1.29 is 18.0 Å². The van der Waals surface area contributed by atoms with Gasteiger partial charge in [0.2, 0.25) is 21.8 Å². The Balaban J connectivity index is 2.50. The third kappa shape index (κ3) is 2.26. The highest BCUT2D eigenvalue weighted by atomic mass is 32.2. The molecule has 0 aromatic heterocycles. The molecule has 0 saturated carbocycles. The highest BCUT2D eigenvalue weighted by Gasteiger charge is 2.47. The summed E-state index contributed by atoms with van der Waals surface area (Å²) in [7, 11) is -3.88. The molecule has 1 aromatic rings. The third-order valence-corrected chi connectivity index (χ3v) is 5.08. The summed E-state index contributed by atoms with van der Waals surface area (Å²) < 4.78 is 25.9. The first-order valence-corrected chi connectivity index (χ1v) is 7.12. The van der Waals surface area contributed by atoms with Gasteiger partial charge in [-0.15, -0.1) is 0 Å². The van der Waals surface area contributed by atoms with Gasteiger partial charge in [0.1, 0.15) is 5.54 Å². The van der Waals surface area contributed by atoms with E-state index in [9.17, 15) is 18.0 Å². The smallest absolute Gasteiger partial charge is 0.247 e. The summed E-state index contributed by atoms with van der Waals surface area (Å²) in [6.07, 6.45) is 0. The molecule has 0 spiro atoms. The first-order valence-electron chi connectivity index (χ1n) is 5.68. The number of nitrogens with one attached hydrogen (secondary N) is 1. The van der Waals surface area contributed by atoms with Crippen molar-refractivity contribution in [3.8, 4) is 0 Å². The standard InChI is InChI=1S/C12H14N2O4S/c1-12(2)11(16)13-10(15)8-14(12)19(17,18)9-6-4-3-5-7-9/h3-7H,8H2,1-2H3,(H,13,15,16). The second kappa shape index (κ2) is 4.43.